The fraction of sp³-hybridized carbons (Fsp3) is 0.240. The minimum absolute atomic E-state index is 0.134. The van der Waals surface area contributed by atoms with E-state index in [0.29, 0.717) is 10.6 Å². The van der Waals surface area contributed by atoms with Crippen molar-refractivity contribution in [3.05, 3.63) is 83.4 Å². The standard InChI is InChI=1S/C25H26ClN3O/c1-2-28-15-17-29(18-16-28)24-22(26)9-6-10-23(24)27-25(30)21-13-11-20(12-14-21)19-7-4-3-5-8-19/h3-14H,2,15-18H2,1H3,(H,27,30). The van der Waals surface area contributed by atoms with E-state index in [0.717, 1.165) is 55.2 Å². The van der Waals surface area contributed by atoms with Crippen molar-refractivity contribution in [2.45, 2.75) is 6.92 Å². The quantitative estimate of drug-likeness (QED) is 0.601. The number of anilines is 2. The number of carbonyl (C=O) groups is 1. The number of hydrogen-bond donors (Lipinski definition) is 1. The molecule has 4 nitrogen and oxygen atoms in total. The Bertz CT molecular complexity index is 997. The molecule has 3 aromatic rings. The Hall–Kier alpha value is -2.82. The van der Waals surface area contributed by atoms with Gasteiger partial charge in [0.05, 0.1) is 16.4 Å². The second-order valence-electron chi connectivity index (χ2n) is 7.45. The molecule has 1 aliphatic heterocycles. The van der Waals surface area contributed by atoms with Gasteiger partial charge in [-0.2, -0.15) is 0 Å². The predicted octanol–water partition coefficient (Wildman–Crippen LogP) is 5.40. The summed E-state index contributed by atoms with van der Waals surface area (Å²) in [4.78, 5) is 17.6. The highest BCUT2D eigenvalue weighted by Gasteiger charge is 2.21. The van der Waals surface area contributed by atoms with Gasteiger partial charge in [-0.1, -0.05) is 67.1 Å². The van der Waals surface area contributed by atoms with Crippen molar-refractivity contribution in [2.24, 2.45) is 0 Å². The van der Waals surface area contributed by atoms with Crippen LogP contribution in [0, 0.1) is 0 Å². The molecule has 4 rings (SSSR count). The van der Waals surface area contributed by atoms with Gasteiger partial charge < -0.3 is 15.1 Å². The van der Waals surface area contributed by atoms with Crippen LogP contribution in [-0.4, -0.2) is 43.5 Å². The lowest BCUT2D eigenvalue weighted by molar-refractivity contribution is 0.102. The van der Waals surface area contributed by atoms with E-state index in [2.05, 4.69) is 34.2 Å². The number of hydrogen-bond acceptors (Lipinski definition) is 3. The lowest BCUT2D eigenvalue weighted by Gasteiger charge is -2.36. The van der Waals surface area contributed by atoms with E-state index in [9.17, 15) is 4.79 Å². The molecule has 0 aromatic heterocycles. The Morgan fingerprint density at radius 2 is 1.53 bits per heavy atom. The van der Waals surface area contributed by atoms with Crippen LogP contribution in [0.1, 0.15) is 17.3 Å². The lowest BCUT2D eigenvalue weighted by atomic mass is 10.0. The van der Waals surface area contributed by atoms with Crippen LogP contribution in [-0.2, 0) is 0 Å². The SMILES string of the molecule is CCN1CCN(c2c(Cl)cccc2NC(=O)c2ccc(-c3ccccc3)cc2)CC1. The third-order valence-electron chi connectivity index (χ3n) is 5.62. The number of halogens is 1. The molecular weight excluding hydrogens is 394 g/mol. The third-order valence-corrected chi connectivity index (χ3v) is 5.93. The first kappa shape index (κ1) is 20.5. The molecule has 0 aliphatic carbocycles. The van der Waals surface area contributed by atoms with Crippen LogP contribution in [0.2, 0.25) is 5.02 Å². The molecular formula is C25H26ClN3O. The van der Waals surface area contributed by atoms with Crippen LogP contribution in [0.4, 0.5) is 11.4 Å². The van der Waals surface area contributed by atoms with Crippen molar-refractivity contribution in [1.29, 1.82) is 0 Å². The summed E-state index contributed by atoms with van der Waals surface area (Å²) in [5.74, 6) is -0.134. The Balaban J connectivity index is 1.52. The summed E-state index contributed by atoms with van der Waals surface area (Å²) in [6.07, 6.45) is 0. The summed E-state index contributed by atoms with van der Waals surface area (Å²) in [5, 5.41) is 3.73. The summed E-state index contributed by atoms with van der Waals surface area (Å²) >= 11 is 6.54. The minimum atomic E-state index is -0.134. The van der Waals surface area contributed by atoms with E-state index in [-0.39, 0.29) is 5.91 Å². The third kappa shape index (κ3) is 4.50. The molecule has 1 saturated heterocycles. The monoisotopic (exact) mass is 419 g/mol. The number of benzene rings is 3. The molecule has 30 heavy (non-hydrogen) atoms. The number of carbonyl (C=O) groups excluding carboxylic acids is 1. The van der Waals surface area contributed by atoms with Crippen LogP contribution < -0.4 is 10.2 Å². The van der Waals surface area contributed by atoms with Crippen molar-refractivity contribution in [1.82, 2.24) is 4.90 Å². The zero-order valence-electron chi connectivity index (χ0n) is 17.1. The molecule has 1 heterocycles. The molecule has 154 valence electrons. The number of likely N-dealkylation sites (N-methyl/N-ethyl adjacent to an activating group) is 1. The van der Waals surface area contributed by atoms with Crippen molar-refractivity contribution >= 4 is 28.9 Å². The second-order valence-corrected chi connectivity index (χ2v) is 7.86. The molecule has 0 unspecified atom stereocenters. The number of amides is 1. The average molecular weight is 420 g/mol. The molecule has 1 aliphatic rings. The summed E-state index contributed by atoms with van der Waals surface area (Å²) in [6, 6.07) is 23.5. The molecule has 0 saturated carbocycles. The van der Waals surface area contributed by atoms with Crippen molar-refractivity contribution in [2.75, 3.05) is 42.9 Å². The maximum absolute atomic E-state index is 12.9. The molecule has 0 atom stereocenters. The predicted molar refractivity (Wildman–Crippen MR) is 126 cm³/mol. The zero-order valence-corrected chi connectivity index (χ0v) is 17.9. The Morgan fingerprint density at radius 3 is 2.20 bits per heavy atom. The van der Waals surface area contributed by atoms with Crippen LogP contribution in [0.3, 0.4) is 0 Å². The van der Waals surface area contributed by atoms with Crippen LogP contribution >= 0.6 is 11.6 Å². The van der Waals surface area contributed by atoms with Gasteiger partial charge >= 0.3 is 0 Å². The highest BCUT2D eigenvalue weighted by molar-refractivity contribution is 6.34. The molecule has 5 heteroatoms. The Labute approximate surface area is 183 Å². The minimum Gasteiger partial charge on any atom is -0.366 e. The summed E-state index contributed by atoms with van der Waals surface area (Å²) in [5.41, 5.74) is 4.50. The lowest BCUT2D eigenvalue weighted by Crippen LogP contribution is -2.46. The zero-order chi connectivity index (χ0) is 20.9. The van der Waals surface area contributed by atoms with E-state index >= 15 is 0 Å². The molecule has 0 bridgehead atoms. The van der Waals surface area contributed by atoms with E-state index < -0.39 is 0 Å². The van der Waals surface area contributed by atoms with Gasteiger partial charge in [-0.25, -0.2) is 0 Å². The van der Waals surface area contributed by atoms with E-state index in [1.807, 2.05) is 60.7 Å². The van der Waals surface area contributed by atoms with Gasteiger partial charge in [0, 0.05) is 31.7 Å². The van der Waals surface area contributed by atoms with Gasteiger partial charge in [-0.05, 0) is 41.9 Å². The first-order valence-electron chi connectivity index (χ1n) is 10.4. The summed E-state index contributed by atoms with van der Waals surface area (Å²) < 4.78 is 0. The Morgan fingerprint density at radius 1 is 0.867 bits per heavy atom. The fourth-order valence-corrected chi connectivity index (χ4v) is 4.16. The van der Waals surface area contributed by atoms with Crippen LogP contribution in [0.25, 0.3) is 11.1 Å². The maximum atomic E-state index is 12.9. The number of para-hydroxylation sites is 1. The van der Waals surface area contributed by atoms with Gasteiger partial charge in [-0.15, -0.1) is 0 Å². The van der Waals surface area contributed by atoms with Gasteiger partial charge in [0.2, 0.25) is 0 Å². The molecule has 0 spiro atoms. The molecule has 1 amide bonds. The largest absolute Gasteiger partial charge is 0.366 e. The van der Waals surface area contributed by atoms with Gasteiger partial charge in [0.25, 0.3) is 5.91 Å². The highest BCUT2D eigenvalue weighted by Crippen LogP contribution is 2.35. The normalized spacial score (nSPS) is 14.5. The van der Waals surface area contributed by atoms with E-state index in [1.165, 1.54) is 0 Å². The van der Waals surface area contributed by atoms with Crippen LogP contribution in [0.5, 0.6) is 0 Å². The fourth-order valence-electron chi connectivity index (χ4n) is 3.86. The Kier molecular flexibility index (Phi) is 6.36. The summed E-state index contributed by atoms with van der Waals surface area (Å²) in [7, 11) is 0. The molecule has 1 N–H and O–H groups in total. The van der Waals surface area contributed by atoms with E-state index in [1.54, 1.807) is 0 Å². The first-order valence-corrected chi connectivity index (χ1v) is 10.8. The highest BCUT2D eigenvalue weighted by atomic mass is 35.5. The first-order chi connectivity index (χ1) is 14.7. The van der Waals surface area contributed by atoms with Gasteiger partial charge in [0.1, 0.15) is 0 Å². The van der Waals surface area contributed by atoms with Crippen molar-refractivity contribution in [3.8, 4) is 11.1 Å². The summed E-state index contributed by atoms with van der Waals surface area (Å²) in [6.45, 7) is 7.02. The van der Waals surface area contributed by atoms with Crippen LogP contribution in [0.15, 0.2) is 72.8 Å². The topological polar surface area (TPSA) is 35.6 Å². The van der Waals surface area contributed by atoms with E-state index in [4.69, 9.17) is 11.6 Å². The smallest absolute Gasteiger partial charge is 0.255 e. The number of nitrogens with one attached hydrogen (secondary N) is 1. The molecule has 0 radical (unpaired) electrons. The van der Waals surface area contributed by atoms with Crippen molar-refractivity contribution in [3.63, 3.8) is 0 Å². The number of piperazine rings is 1. The number of nitrogens with zero attached hydrogens (tertiary/aromatic N) is 2. The maximum Gasteiger partial charge on any atom is 0.255 e. The van der Waals surface area contributed by atoms with Gasteiger partial charge in [0.15, 0.2) is 0 Å². The molecule has 1 fully saturated rings. The second kappa shape index (κ2) is 9.33. The number of rotatable bonds is 5. The van der Waals surface area contributed by atoms with Crippen molar-refractivity contribution < 1.29 is 4.79 Å². The van der Waals surface area contributed by atoms with Gasteiger partial charge in [-0.3, -0.25) is 4.79 Å². The average Bonchev–Trinajstić information content (AvgIpc) is 2.80. The molecule has 3 aromatic carbocycles.